The lowest BCUT2D eigenvalue weighted by molar-refractivity contribution is -0.120. The summed E-state index contributed by atoms with van der Waals surface area (Å²) in [4.78, 5) is 18.7. The third kappa shape index (κ3) is 1.77. The summed E-state index contributed by atoms with van der Waals surface area (Å²) >= 11 is 1.55. The molecular weight excluding hydrogens is 234 g/mol. The van der Waals surface area contributed by atoms with Crippen molar-refractivity contribution >= 4 is 22.4 Å². The molecule has 17 heavy (non-hydrogen) atoms. The number of likely N-dealkylation sites (N-methyl/N-ethyl adjacent to an activating group) is 1. The summed E-state index contributed by atoms with van der Waals surface area (Å²) in [5.74, 6) is 1.57. The average molecular weight is 251 g/mol. The number of rotatable bonds is 2. The van der Waals surface area contributed by atoms with Gasteiger partial charge in [0.05, 0.1) is 6.04 Å². The Morgan fingerprint density at radius 2 is 2.35 bits per heavy atom. The molecule has 92 valence electrons. The van der Waals surface area contributed by atoms with Crippen molar-refractivity contribution in [2.24, 2.45) is 11.8 Å². The van der Waals surface area contributed by atoms with Crippen LogP contribution in [0.15, 0.2) is 11.6 Å². The van der Waals surface area contributed by atoms with Crippen molar-refractivity contribution in [3.63, 3.8) is 0 Å². The van der Waals surface area contributed by atoms with Gasteiger partial charge in [0.1, 0.15) is 0 Å². The van der Waals surface area contributed by atoms with Crippen LogP contribution in [0.5, 0.6) is 0 Å². The molecule has 0 spiro atoms. The van der Waals surface area contributed by atoms with Crippen molar-refractivity contribution in [2.75, 3.05) is 11.9 Å². The Balaban J connectivity index is 1.95. The number of amides is 1. The van der Waals surface area contributed by atoms with Crippen molar-refractivity contribution in [3.8, 4) is 0 Å². The molecular formula is C12H17N3OS. The van der Waals surface area contributed by atoms with Crippen molar-refractivity contribution in [1.82, 2.24) is 10.3 Å². The molecule has 2 heterocycles. The quantitative estimate of drug-likeness (QED) is 0.866. The number of hydrogen-bond donors (Lipinski definition) is 1. The zero-order chi connectivity index (χ0) is 12.0. The summed E-state index contributed by atoms with van der Waals surface area (Å²) in [5, 5.41) is 5.92. The van der Waals surface area contributed by atoms with E-state index in [1.165, 1.54) is 6.42 Å². The number of nitrogens with one attached hydrogen (secondary N) is 1. The highest BCUT2D eigenvalue weighted by Crippen LogP contribution is 2.49. The first-order valence-electron chi connectivity index (χ1n) is 6.12. The van der Waals surface area contributed by atoms with Crippen molar-refractivity contribution in [3.05, 3.63) is 11.6 Å². The third-order valence-electron chi connectivity index (χ3n) is 4.05. The molecule has 0 bridgehead atoms. The predicted octanol–water partition coefficient (Wildman–Crippen LogP) is 1.49. The van der Waals surface area contributed by atoms with Gasteiger partial charge in [-0.3, -0.25) is 9.69 Å². The number of carbonyl (C=O) groups excluding carboxylic acids is 1. The van der Waals surface area contributed by atoms with Crippen molar-refractivity contribution in [1.29, 1.82) is 0 Å². The van der Waals surface area contributed by atoms with Crippen LogP contribution in [-0.4, -0.2) is 30.0 Å². The van der Waals surface area contributed by atoms with Crippen LogP contribution in [0.3, 0.4) is 0 Å². The molecule has 1 aliphatic heterocycles. The lowest BCUT2D eigenvalue weighted by Crippen LogP contribution is -2.48. The van der Waals surface area contributed by atoms with Gasteiger partial charge in [-0.05, 0) is 38.6 Å². The highest BCUT2D eigenvalue weighted by Gasteiger charge is 2.50. The minimum atomic E-state index is -0.0427. The van der Waals surface area contributed by atoms with Gasteiger partial charge in [-0.1, -0.05) is 0 Å². The summed E-state index contributed by atoms with van der Waals surface area (Å²) in [6.07, 6.45) is 4.00. The first-order valence-corrected chi connectivity index (χ1v) is 7.00. The minimum absolute atomic E-state index is 0.0427. The molecule has 5 heteroatoms. The number of anilines is 1. The summed E-state index contributed by atoms with van der Waals surface area (Å²) in [6, 6.07) is 0.246. The molecule has 1 aliphatic carbocycles. The van der Waals surface area contributed by atoms with Crippen LogP contribution in [0.2, 0.25) is 0 Å². The molecule has 2 fully saturated rings. The van der Waals surface area contributed by atoms with E-state index >= 15 is 0 Å². The SMILES string of the molecule is CNC1CC2CC2C(C)N(c2nccs2)C1=O. The van der Waals surface area contributed by atoms with Crippen LogP contribution in [0.1, 0.15) is 19.8 Å². The number of aromatic nitrogens is 1. The van der Waals surface area contributed by atoms with E-state index in [1.807, 2.05) is 17.3 Å². The fourth-order valence-electron chi connectivity index (χ4n) is 2.94. The second-order valence-electron chi connectivity index (χ2n) is 5.00. The number of carbonyl (C=O) groups is 1. The van der Waals surface area contributed by atoms with E-state index in [1.54, 1.807) is 17.5 Å². The molecule has 1 aromatic rings. The molecule has 4 atom stereocenters. The first-order chi connectivity index (χ1) is 8.22. The first kappa shape index (κ1) is 11.2. The Morgan fingerprint density at radius 3 is 3.00 bits per heavy atom. The maximum Gasteiger partial charge on any atom is 0.246 e. The Kier molecular flexibility index (Phi) is 2.67. The largest absolute Gasteiger partial charge is 0.309 e. The van der Waals surface area contributed by atoms with Crippen LogP contribution in [0, 0.1) is 11.8 Å². The molecule has 3 rings (SSSR count). The molecule has 4 unspecified atom stereocenters. The Labute approximate surface area is 105 Å². The molecule has 1 aromatic heterocycles. The fraction of sp³-hybridized carbons (Fsp3) is 0.667. The van der Waals surface area contributed by atoms with Gasteiger partial charge < -0.3 is 5.32 Å². The number of nitrogens with zero attached hydrogens (tertiary/aromatic N) is 2. The van der Waals surface area contributed by atoms with Gasteiger partial charge in [0.25, 0.3) is 0 Å². The van der Waals surface area contributed by atoms with E-state index in [-0.39, 0.29) is 18.0 Å². The lowest BCUT2D eigenvalue weighted by Gasteiger charge is -2.28. The maximum atomic E-state index is 12.5. The molecule has 4 nitrogen and oxygen atoms in total. The molecule has 1 saturated heterocycles. The van der Waals surface area contributed by atoms with Crippen molar-refractivity contribution < 1.29 is 4.79 Å². The van der Waals surface area contributed by atoms with Crippen LogP contribution in [-0.2, 0) is 4.79 Å². The van der Waals surface area contributed by atoms with E-state index in [0.717, 1.165) is 17.5 Å². The lowest BCUT2D eigenvalue weighted by atomic mass is 10.1. The summed E-state index contributed by atoms with van der Waals surface area (Å²) in [6.45, 7) is 2.15. The Morgan fingerprint density at radius 1 is 1.53 bits per heavy atom. The van der Waals surface area contributed by atoms with E-state index in [0.29, 0.717) is 5.92 Å². The van der Waals surface area contributed by atoms with Gasteiger partial charge >= 0.3 is 0 Å². The van der Waals surface area contributed by atoms with Gasteiger partial charge in [-0.2, -0.15) is 0 Å². The topological polar surface area (TPSA) is 45.2 Å². The second-order valence-corrected chi connectivity index (χ2v) is 5.87. The van der Waals surface area contributed by atoms with Crippen LogP contribution in [0.4, 0.5) is 5.13 Å². The van der Waals surface area contributed by atoms with Crippen LogP contribution in [0.25, 0.3) is 0 Å². The van der Waals surface area contributed by atoms with Gasteiger partial charge in [0.15, 0.2) is 5.13 Å². The van der Waals surface area contributed by atoms with E-state index < -0.39 is 0 Å². The molecule has 1 amide bonds. The summed E-state index contributed by atoms with van der Waals surface area (Å²) in [5.41, 5.74) is 0. The van der Waals surface area contributed by atoms with Crippen LogP contribution >= 0.6 is 11.3 Å². The van der Waals surface area contributed by atoms with Crippen molar-refractivity contribution in [2.45, 2.75) is 31.8 Å². The highest BCUT2D eigenvalue weighted by molar-refractivity contribution is 7.13. The molecule has 0 aromatic carbocycles. The molecule has 1 N–H and O–H groups in total. The van der Waals surface area contributed by atoms with Gasteiger partial charge in [-0.25, -0.2) is 4.98 Å². The predicted molar refractivity (Wildman–Crippen MR) is 68.1 cm³/mol. The Bertz CT molecular complexity index is 419. The van der Waals surface area contributed by atoms with Gasteiger partial charge in [0, 0.05) is 17.6 Å². The van der Waals surface area contributed by atoms with E-state index in [9.17, 15) is 4.79 Å². The van der Waals surface area contributed by atoms with Gasteiger partial charge in [-0.15, -0.1) is 11.3 Å². The summed E-state index contributed by atoms with van der Waals surface area (Å²) in [7, 11) is 1.87. The average Bonchev–Trinajstić information content (AvgIpc) is 2.92. The molecule has 0 radical (unpaired) electrons. The van der Waals surface area contributed by atoms with Crippen LogP contribution < -0.4 is 10.2 Å². The van der Waals surface area contributed by atoms with Gasteiger partial charge in [0.2, 0.25) is 5.91 Å². The summed E-state index contributed by atoms with van der Waals surface area (Å²) < 4.78 is 0. The van der Waals surface area contributed by atoms with E-state index in [2.05, 4.69) is 17.2 Å². The smallest absolute Gasteiger partial charge is 0.246 e. The number of thiazole rings is 1. The monoisotopic (exact) mass is 251 g/mol. The third-order valence-corrected chi connectivity index (χ3v) is 4.82. The number of fused-ring (bicyclic) bond motifs is 1. The highest BCUT2D eigenvalue weighted by atomic mass is 32.1. The standard InChI is InChI=1S/C12H17N3OS/c1-7-9-5-8(9)6-10(13-2)11(16)15(7)12-14-3-4-17-12/h3-4,7-10,13H,5-6H2,1-2H3. The normalized spacial score (nSPS) is 36.6. The zero-order valence-corrected chi connectivity index (χ0v) is 10.9. The minimum Gasteiger partial charge on any atom is -0.309 e. The Hall–Kier alpha value is -0.940. The fourth-order valence-corrected chi connectivity index (χ4v) is 3.68. The zero-order valence-electron chi connectivity index (χ0n) is 10.1. The maximum absolute atomic E-state index is 12.5. The molecule has 2 aliphatic rings. The molecule has 1 saturated carbocycles. The van der Waals surface area contributed by atoms with E-state index in [4.69, 9.17) is 0 Å². The second kappa shape index (κ2) is 4.07. The number of hydrogen-bond acceptors (Lipinski definition) is 4.